The molecule has 1 rings (SSSR count). The Kier molecular flexibility index (Phi) is 35.7. The van der Waals surface area contributed by atoms with Crippen molar-refractivity contribution in [1.82, 2.24) is 58.5 Å². The molecule has 0 spiro atoms. The fourth-order valence-electron chi connectivity index (χ4n) is 7.99. The summed E-state index contributed by atoms with van der Waals surface area (Å²) in [5.41, 5.74) is 27.4. The highest BCUT2D eigenvalue weighted by molar-refractivity contribution is 6.00. The lowest BCUT2D eigenvalue weighted by atomic mass is 10.0. The van der Waals surface area contributed by atoms with Crippen LogP contribution in [-0.2, 0) is 83.1 Å². The molecule has 0 aliphatic carbocycles. The number of hydrogen-bond donors (Lipinski definition) is 23. The number of nitrogens with one attached hydrogen (secondary N) is 11. The summed E-state index contributed by atoms with van der Waals surface area (Å²) in [7, 11) is 0. The maximum absolute atomic E-state index is 13.8. The van der Waals surface area contributed by atoms with Crippen LogP contribution in [0.1, 0.15) is 84.1 Å². The molecule has 41 heteroatoms. The maximum atomic E-state index is 13.8. The average molecular weight is 1340 g/mol. The highest BCUT2D eigenvalue weighted by atomic mass is 16.4. The Morgan fingerprint density at radius 3 is 1.34 bits per heavy atom. The molecule has 1 aromatic carbocycles. The van der Waals surface area contributed by atoms with Crippen molar-refractivity contribution in [1.29, 1.82) is 0 Å². The second-order valence-corrected chi connectivity index (χ2v) is 21.1. The number of carbonyl (C=O) groups excluding carboxylic acids is 11. The summed E-state index contributed by atoms with van der Waals surface area (Å²) >= 11 is 0. The van der Waals surface area contributed by atoms with E-state index in [0.717, 1.165) is 6.92 Å². The second-order valence-electron chi connectivity index (χ2n) is 21.1. The Balaban J connectivity index is 3.23. The van der Waals surface area contributed by atoms with Crippen LogP contribution in [0.2, 0.25) is 0 Å². The summed E-state index contributed by atoms with van der Waals surface area (Å²) in [4.78, 5) is 213. The number of aliphatic hydroxyl groups is 1. The first-order valence-corrected chi connectivity index (χ1v) is 28.6. The monoisotopic (exact) mass is 1340 g/mol. The van der Waals surface area contributed by atoms with Crippen LogP contribution in [-0.4, -0.2) is 236 Å². The van der Waals surface area contributed by atoms with E-state index in [1.165, 1.54) is 38.1 Å². The van der Waals surface area contributed by atoms with Gasteiger partial charge in [-0.25, -0.2) is 4.79 Å². The molecule has 0 aliphatic heterocycles. The number of aliphatic imine (C=N–C) groups is 2. The molecule has 0 heterocycles. The summed E-state index contributed by atoms with van der Waals surface area (Å²) < 4.78 is 0. The van der Waals surface area contributed by atoms with Gasteiger partial charge in [0.2, 0.25) is 65.0 Å². The van der Waals surface area contributed by atoms with E-state index in [9.17, 15) is 107 Å². The predicted molar refractivity (Wildman–Crippen MR) is 322 cm³/mol. The molecule has 10 atom stereocenters. The first kappa shape index (κ1) is 81.0. The van der Waals surface area contributed by atoms with Crippen molar-refractivity contribution in [3.8, 4) is 5.75 Å². The molecule has 94 heavy (non-hydrogen) atoms. The minimum atomic E-state index is -1.98. The van der Waals surface area contributed by atoms with Gasteiger partial charge in [0.05, 0.1) is 45.0 Å². The minimum Gasteiger partial charge on any atom is -0.508 e. The van der Waals surface area contributed by atoms with Crippen LogP contribution in [0, 0.1) is 5.92 Å². The van der Waals surface area contributed by atoms with E-state index in [0.29, 0.717) is 5.56 Å². The molecule has 41 nitrogen and oxygen atoms in total. The van der Waals surface area contributed by atoms with Crippen molar-refractivity contribution in [2.75, 3.05) is 32.8 Å². The fraction of sp³-hybridized carbons (Fsp3) is 0.547. The highest BCUT2D eigenvalue weighted by Crippen LogP contribution is 2.13. The van der Waals surface area contributed by atoms with Crippen molar-refractivity contribution in [3.05, 3.63) is 29.8 Å². The Hall–Kier alpha value is -11.0. The number of carboxylic acid groups (broad SMARTS) is 5. The topological polar surface area (TPSA) is 702 Å². The van der Waals surface area contributed by atoms with Crippen LogP contribution in [0.5, 0.6) is 5.75 Å². The van der Waals surface area contributed by atoms with Crippen molar-refractivity contribution < 1.29 is 112 Å². The molecule has 11 amide bonds. The zero-order valence-corrected chi connectivity index (χ0v) is 51.2. The van der Waals surface area contributed by atoms with Gasteiger partial charge in [0.25, 0.3) is 0 Å². The summed E-state index contributed by atoms with van der Waals surface area (Å²) in [6, 6.07) is -11.9. The summed E-state index contributed by atoms with van der Waals surface area (Å²) in [6.45, 7) is 0.554. The number of nitrogens with two attached hydrogens (primary N) is 5. The quantitative estimate of drug-likeness (QED) is 0.0164. The van der Waals surface area contributed by atoms with E-state index in [2.05, 4.69) is 68.5 Å². The molecular weight excluding hydrogens is 1260 g/mol. The van der Waals surface area contributed by atoms with Crippen LogP contribution in [0.4, 0.5) is 0 Å². The van der Waals surface area contributed by atoms with Crippen molar-refractivity contribution in [3.63, 3.8) is 0 Å². The van der Waals surface area contributed by atoms with Gasteiger partial charge in [0, 0.05) is 25.9 Å². The Labute approximate surface area is 534 Å². The molecular formula is C53H82N18O23. The molecule has 1 aromatic rings. The van der Waals surface area contributed by atoms with Gasteiger partial charge in [-0.05, 0) is 62.6 Å². The summed E-state index contributed by atoms with van der Waals surface area (Å²) in [6.07, 6.45) is -5.43. The van der Waals surface area contributed by atoms with E-state index in [1.54, 1.807) is 0 Å². The van der Waals surface area contributed by atoms with Gasteiger partial charge < -0.3 is 123 Å². The number of guanidine groups is 2. The molecule has 522 valence electrons. The highest BCUT2D eigenvalue weighted by Gasteiger charge is 2.36. The molecule has 28 N–H and O–H groups in total. The average Bonchev–Trinajstić information content (AvgIpc) is 0.940. The molecule has 0 bridgehead atoms. The van der Waals surface area contributed by atoms with Crippen molar-refractivity contribution >= 4 is 107 Å². The molecule has 0 aromatic heterocycles. The summed E-state index contributed by atoms with van der Waals surface area (Å²) in [5, 5.41) is 91.2. The van der Waals surface area contributed by atoms with E-state index in [4.69, 9.17) is 33.8 Å². The second kappa shape index (κ2) is 41.4. The van der Waals surface area contributed by atoms with Crippen molar-refractivity contribution in [2.24, 2.45) is 44.6 Å². The molecule has 0 saturated carbocycles. The number of benzene rings is 1. The normalized spacial score (nSPS) is 13.9. The van der Waals surface area contributed by atoms with E-state index >= 15 is 0 Å². The van der Waals surface area contributed by atoms with Gasteiger partial charge in [-0.2, -0.15) is 0 Å². The van der Waals surface area contributed by atoms with Crippen LogP contribution < -0.4 is 87.2 Å². The van der Waals surface area contributed by atoms with Crippen molar-refractivity contribution in [2.45, 2.75) is 145 Å². The van der Waals surface area contributed by atoms with Crippen LogP contribution >= 0.6 is 0 Å². The zero-order valence-electron chi connectivity index (χ0n) is 51.2. The Morgan fingerprint density at radius 2 is 0.872 bits per heavy atom. The van der Waals surface area contributed by atoms with Gasteiger partial charge >= 0.3 is 29.8 Å². The number of hydrogen-bond acceptors (Lipinski definition) is 21. The minimum absolute atomic E-state index is 0.00767. The number of amides is 11. The number of carboxylic acids is 5. The first-order chi connectivity index (χ1) is 43.9. The predicted octanol–water partition coefficient (Wildman–Crippen LogP) is -9.99. The van der Waals surface area contributed by atoms with Gasteiger partial charge in [0.1, 0.15) is 60.1 Å². The third kappa shape index (κ3) is 32.7. The van der Waals surface area contributed by atoms with E-state index in [1.807, 2.05) is 0 Å². The maximum Gasteiger partial charge on any atom is 0.326 e. The number of nitrogens with zero attached hydrogens (tertiary/aromatic N) is 2. The van der Waals surface area contributed by atoms with E-state index in [-0.39, 0.29) is 62.9 Å². The standard InChI is InChI=1S/C53H82N18O23/c1-23(2)41(71-49(91)32(19-40(82)83)67-42(84)24(3)63-43(85)27(54)17-38(78)79)50(92)66-30(12-13-37(76)77)47(89)70-34(22-72)44(86)62-20-35(74)61-21-36(75)64-28(6-4-14-59-52(55)56)45(87)68-31(18-39(80)81)48(90)65-29(7-5-15-60-53(57)58)46(88)69-33(51(93)94)16-25-8-10-26(73)11-9-25/h8-11,23-24,27-34,41,72-73H,4-7,12-22,54H2,1-3H3,(H,61,74)(H,62,86)(H,63,85)(H,64,75)(H,65,90)(H,66,92)(H,67,84)(H,68,87)(H,69,88)(H,70,89)(H,71,91)(H,76,77)(H,78,79)(H,80,81)(H,82,83)(H,93,94)(H4,55,56,59)(H4,57,58,60)/t24-,27-,28-,29-,30-,31-,32-,33-,34-,41-/m0/s1. The number of aromatic hydroxyl groups is 1. The molecule has 0 saturated heterocycles. The molecule has 0 radical (unpaired) electrons. The van der Waals surface area contributed by atoms with Gasteiger partial charge in [0.15, 0.2) is 11.9 Å². The number of phenols is 1. The van der Waals surface area contributed by atoms with Crippen LogP contribution in [0.3, 0.4) is 0 Å². The number of aliphatic carboxylic acids is 5. The Bertz CT molecular complexity index is 2940. The molecule has 0 aliphatic rings. The fourth-order valence-corrected chi connectivity index (χ4v) is 7.99. The smallest absolute Gasteiger partial charge is 0.326 e. The van der Waals surface area contributed by atoms with Gasteiger partial charge in [-0.15, -0.1) is 0 Å². The molecule has 0 unspecified atom stereocenters. The van der Waals surface area contributed by atoms with Gasteiger partial charge in [-0.3, -0.25) is 81.9 Å². The molecule has 0 fully saturated rings. The Morgan fingerprint density at radius 1 is 0.447 bits per heavy atom. The lowest BCUT2D eigenvalue weighted by Gasteiger charge is -2.28. The van der Waals surface area contributed by atoms with Crippen LogP contribution in [0.25, 0.3) is 0 Å². The van der Waals surface area contributed by atoms with Gasteiger partial charge in [-0.1, -0.05) is 26.0 Å². The lowest BCUT2D eigenvalue weighted by molar-refractivity contribution is -0.143. The summed E-state index contributed by atoms with van der Waals surface area (Å²) in [5.74, 6) is -22.3. The number of carbonyl (C=O) groups is 16. The number of phenolic OH excluding ortho intramolecular Hbond substituents is 1. The third-order valence-corrected chi connectivity index (χ3v) is 12.9. The third-order valence-electron chi connectivity index (χ3n) is 12.9. The largest absolute Gasteiger partial charge is 0.508 e. The SMILES string of the molecule is CC(C)[C@H](NC(=O)[C@H](CC(=O)O)NC(=O)[C@H](C)NC(=O)[C@@H](N)CC(=O)O)C(=O)N[C@@H](CCC(=O)O)C(=O)N[C@@H](CO)C(=O)NCC(=O)NCC(=O)N[C@@H](CCCN=C(N)N)C(=O)N[C@@H](CC(=O)O)C(=O)N[C@@H](CCCN=C(N)N)C(=O)N[C@@H](Cc1ccc(O)cc1)C(=O)O. The van der Waals surface area contributed by atoms with Crippen LogP contribution in [0.15, 0.2) is 34.3 Å². The lowest BCUT2D eigenvalue weighted by Crippen LogP contribution is -2.60. The number of rotatable bonds is 44. The zero-order chi connectivity index (χ0) is 71.5. The first-order valence-electron chi connectivity index (χ1n) is 28.6. The van der Waals surface area contributed by atoms with E-state index < -0.39 is 213 Å². The number of aliphatic hydroxyl groups excluding tert-OH is 1.